The lowest BCUT2D eigenvalue weighted by molar-refractivity contribution is 0.0527. The van der Waals surface area contributed by atoms with Crippen molar-refractivity contribution >= 4 is 22.6 Å². The molecule has 30 heavy (non-hydrogen) atoms. The SMILES string of the molecule is CCOC(=O)c1cnc2c(CC)cc(C#N)cc2c1NCc1ccc(C(C)C)cc1. The van der Waals surface area contributed by atoms with Gasteiger partial charge in [-0.25, -0.2) is 4.79 Å². The van der Waals surface area contributed by atoms with Gasteiger partial charge in [-0.2, -0.15) is 5.26 Å². The monoisotopic (exact) mass is 401 g/mol. The second kappa shape index (κ2) is 9.41. The van der Waals surface area contributed by atoms with E-state index < -0.39 is 5.97 Å². The van der Waals surface area contributed by atoms with Gasteiger partial charge in [0.05, 0.1) is 29.4 Å². The van der Waals surface area contributed by atoms with E-state index in [1.807, 2.05) is 13.0 Å². The molecule has 0 saturated heterocycles. The molecule has 1 heterocycles. The smallest absolute Gasteiger partial charge is 0.341 e. The van der Waals surface area contributed by atoms with Gasteiger partial charge in [-0.05, 0) is 48.1 Å². The average Bonchev–Trinajstić information content (AvgIpc) is 2.76. The molecule has 0 fully saturated rings. The Balaban J connectivity index is 2.07. The van der Waals surface area contributed by atoms with Crippen molar-refractivity contribution < 1.29 is 9.53 Å². The number of rotatable bonds is 7. The van der Waals surface area contributed by atoms with Gasteiger partial charge in [-0.3, -0.25) is 4.98 Å². The number of benzene rings is 2. The summed E-state index contributed by atoms with van der Waals surface area (Å²) >= 11 is 0. The number of aromatic nitrogens is 1. The fourth-order valence-electron chi connectivity index (χ4n) is 3.48. The van der Waals surface area contributed by atoms with E-state index in [9.17, 15) is 10.1 Å². The summed E-state index contributed by atoms with van der Waals surface area (Å²) in [6.07, 6.45) is 2.31. The normalized spacial score (nSPS) is 10.8. The largest absolute Gasteiger partial charge is 0.462 e. The standard InChI is InChI=1S/C25H27N3O2/c1-5-19-11-18(13-26)12-21-23(19)28-15-22(25(29)30-6-2)24(21)27-14-17-7-9-20(10-8-17)16(3)4/h7-12,15-16H,5-6,14H2,1-4H3,(H,27,28). The molecule has 0 radical (unpaired) electrons. The van der Waals surface area contributed by atoms with Crippen LogP contribution in [0.15, 0.2) is 42.6 Å². The van der Waals surface area contributed by atoms with Crippen molar-refractivity contribution in [3.05, 3.63) is 70.4 Å². The van der Waals surface area contributed by atoms with Gasteiger partial charge in [0, 0.05) is 18.1 Å². The summed E-state index contributed by atoms with van der Waals surface area (Å²) in [4.78, 5) is 17.1. The maximum absolute atomic E-state index is 12.6. The minimum atomic E-state index is -0.426. The fourth-order valence-corrected chi connectivity index (χ4v) is 3.48. The quantitative estimate of drug-likeness (QED) is 0.523. The first kappa shape index (κ1) is 21.3. The number of hydrogen-bond donors (Lipinski definition) is 1. The predicted octanol–water partition coefficient (Wildman–Crippen LogP) is 5.58. The Kier molecular flexibility index (Phi) is 6.68. The maximum Gasteiger partial charge on any atom is 0.341 e. The Morgan fingerprint density at radius 1 is 1.20 bits per heavy atom. The van der Waals surface area contributed by atoms with Crippen LogP contribution in [0, 0.1) is 11.3 Å². The van der Waals surface area contributed by atoms with E-state index in [0.717, 1.165) is 28.5 Å². The lowest BCUT2D eigenvalue weighted by Gasteiger charge is -2.16. The molecule has 5 nitrogen and oxygen atoms in total. The van der Waals surface area contributed by atoms with Gasteiger partial charge in [0.25, 0.3) is 0 Å². The third-order valence-corrected chi connectivity index (χ3v) is 5.17. The molecule has 1 aromatic heterocycles. The number of nitriles is 1. The summed E-state index contributed by atoms with van der Waals surface area (Å²) in [5, 5.41) is 13.6. The predicted molar refractivity (Wildman–Crippen MR) is 120 cm³/mol. The topological polar surface area (TPSA) is 75.0 Å². The van der Waals surface area contributed by atoms with Crippen LogP contribution in [0.1, 0.15) is 66.2 Å². The molecule has 0 aliphatic carbocycles. The zero-order valence-corrected chi connectivity index (χ0v) is 18.0. The van der Waals surface area contributed by atoms with Crippen LogP contribution < -0.4 is 5.32 Å². The van der Waals surface area contributed by atoms with Crippen molar-refractivity contribution in [1.29, 1.82) is 5.26 Å². The van der Waals surface area contributed by atoms with E-state index in [2.05, 4.69) is 54.5 Å². The summed E-state index contributed by atoms with van der Waals surface area (Å²) in [5.41, 5.74) is 5.73. The van der Waals surface area contributed by atoms with E-state index in [-0.39, 0.29) is 6.61 Å². The van der Waals surface area contributed by atoms with Crippen LogP contribution in [-0.4, -0.2) is 17.6 Å². The van der Waals surface area contributed by atoms with Crippen LogP contribution in [0.4, 0.5) is 5.69 Å². The van der Waals surface area contributed by atoms with Crippen molar-refractivity contribution in [2.45, 2.75) is 46.6 Å². The molecule has 0 saturated carbocycles. The van der Waals surface area contributed by atoms with Crippen molar-refractivity contribution in [2.24, 2.45) is 0 Å². The maximum atomic E-state index is 12.6. The molecular formula is C25H27N3O2. The Morgan fingerprint density at radius 2 is 1.93 bits per heavy atom. The van der Waals surface area contributed by atoms with Gasteiger partial charge < -0.3 is 10.1 Å². The number of pyridine rings is 1. The Morgan fingerprint density at radius 3 is 2.53 bits per heavy atom. The first-order valence-corrected chi connectivity index (χ1v) is 10.3. The molecule has 3 rings (SSSR count). The highest BCUT2D eigenvalue weighted by molar-refractivity contribution is 6.06. The van der Waals surface area contributed by atoms with Gasteiger partial charge >= 0.3 is 5.97 Å². The highest BCUT2D eigenvalue weighted by atomic mass is 16.5. The first-order valence-electron chi connectivity index (χ1n) is 10.3. The molecule has 0 amide bonds. The van der Waals surface area contributed by atoms with Gasteiger partial charge in [-0.1, -0.05) is 45.0 Å². The molecule has 0 spiro atoms. The molecule has 0 bridgehead atoms. The molecule has 5 heteroatoms. The number of carbonyl (C=O) groups is 1. The van der Waals surface area contributed by atoms with Gasteiger partial charge in [0.15, 0.2) is 0 Å². The minimum Gasteiger partial charge on any atom is -0.462 e. The van der Waals surface area contributed by atoms with Crippen LogP contribution >= 0.6 is 0 Å². The van der Waals surface area contributed by atoms with E-state index in [1.165, 1.54) is 5.56 Å². The van der Waals surface area contributed by atoms with E-state index in [4.69, 9.17) is 4.74 Å². The number of nitrogens with zero attached hydrogens (tertiary/aromatic N) is 2. The van der Waals surface area contributed by atoms with Crippen LogP contribution in [-0.2, 0) is 17.7 Å². The third kappa shape index (κ3) is 4.44. The molecular weight excluding hydrogens is 374 g/mol. The molecule has 1 N–H and O–H groups in total. The first-order chi connectivity index (χ1) is 14.5. The Labute approximate surface area is 177 Å². The molecule has 0 aliphatic rings. The molecule has 0 atom stereocenters. The number of esters is 1. The number of ether oxygens (including phenoxy) is 1. The molecule has 3 aromatic rings. The number of fused-ring (bicyclic) bond motifs is 1. The van der Waals surface area contributed by atoms with Crippen LogP contribution in [0.2, 0.25) is 0 Å². The number of nitrogens with one attached hydrogen (secondary N) is 1. The van der Waals surface area contributed by atoms with E-state index in [0.29, 0.717) is 29.3 Å². The second-order valence-corrected chi connectivity index (χ2v) is 7.51. The summed E-state index contributed by atoms with van der Waals surface area (Å²) < 4.78 is 5.24. The van der Waals surface area contributed by atoms with Crippen LogP contribution in [0.25, 0.3) is 10.9 Å². The summed E-state index contributed by atoms with van der Waals surface area (Å²) in [5.74, 6) is 0.0494. The van der Waals surface area contributed by atoms with Crippen molar-refractivity contribution in [1.82, 2.24) is 4.98 Å². The van der Waals surface area contributed by atoms with Crippen LogP contribution in [0.5, 0.6) is 0 Å². The fraction of sp³-hybridized carbons (Fsp3) is 0.320. The summed E-state index contributed by atoms with van der Waals surface area (Å²) in [7, 11) is 0. The average molecular weight is 402 g/mol. The number of carbonyl (C=O) groups excluding carboxylic acids is 1. The van der Waals surface area contributed by atoms with Crippen molar-refractivity contribution in [3.63, 3.8) is 0 Å². The van der Waals surface area contributed by atoms with Gasteiger partial charge in [0.1, 0.15) is 5.56 Å². The summed E-state index contributed by atoms with van der Waals surface area (Å²) in [6.45, 7) is 8.96. The molecule has 2 aromatic carbocycles. The molecule has 0 unspecified atom stereocenters. The summed E-state index contributed by atoms with van der Waals surface area (Å²) in [6, 6.07) is 14.3. The number of hydrogen-bond acceptors (Lipinski definition) is 5. The third-order valence-electron chi connectivity index (χ3n) is 5.17. The van der Waals surface area contributed by atoms with Crippen molar-refractivity contribution in [2.75, 3.05) is 11.9 Å². The Bertz CT molecular complexity index is 1100. The molecule has 154 valence electrons. The lowest BCUT2D eigenvalue weighted by Crippen LogP contribution is -2.12. The van der Waals surface area contributed by atoms with E-state index in [1.54, 1.807) is 19.2 Å². The lowest BCUT2D eigenvalue weighted by atomic mass is 10.00. The van der Waals surface area contributed by atoms with Crippen LogP contribution in [0.3, 0.4) is 0 Å². The van der Waals surface area contributed by atoms with E-state index >= 15 is 0 Å². The van der Waals surface area contributed by atoms with Gasteiger partial charge in [0.2, 0.25) is 0 Å². The highest BCUT2D eigenvalue weighted by Crippen LogP contribution is 2.31. The zero-order chi connectivity index (χ0) is 21.7. The minimum absolute atomic E-state index is 0.283. The number of anilines is 1. The number of aryl methyl sites for hydroxylation is 1. The Hall–Kier alpha value is -3.39. The van der Waals surface area contributed by atoms with Gasteiger partial charge in [-0.15, -0.1) is 0 Å². The second-order valence-electron chi connectivity index (χ2n) is 7.51. The highest BCUT2D eigenvalue weighted by Gasteiger charge is 2.18. The zero-order valence-electron chi connectivity index (χ0n) is 18.0. The van der Waals surface area contributed by atoms with Crippen molar-refractivity contribution in [3.8, 4) is 6.07 Å². The molecule has 0 aliphatic heterocycles.